The minimum atomic E-state index is -4.98. The minimum Gasteiger partial charge on any atom is -0.453 e. The first-order valence-electron chi connectivity index (χ1n) is 19.9. The number of aromatic nitrogens is 1. The molecule has 1 aromatic heterocycles. The summed E-state index contributed by atoms with van der Waals surface area (Å²) in [6.07, 6.45) is -4.69. The summed E-state index contributed by atoms with van der Waals surface area (Å²) in [5.41, 5.74) is -2.24. The van der Waals surface area contributed by atoms with Crippen molar-refractivity contribution in [3.8, 4) is 11.8 Å². The second-order valence-electron chi connectivity index (χ2n) is 15.5. The van der Waals surface area contributed by atoms with Crippen LogP contribution in [0.15, 0.2) is 67.0 Å². The monoisotopic (exact) mass is 890 g/mol. The molecule has 63 heavy (non-hydrogen) atoms. The number of allylic oxidation sites excluding steroid dienone is 1. The van der Waals surface area contributed by atoms with Crippen molar-refractivity contribution in [2.75, 3.05) is 57.9 Å². The van der Waals surface area contributed by atoms with E-state index in [9.17, 15) is 45.4 Å². The molecule has 2 aliphatic rings. The number of halogens is 7. The number of piperazine rings is 1. The Bertz CT molecular complexity index is 2110. The van der Waals surface area contributed by atoms with Crippen LogP contribution in [-0.2, 0) is 27.2 Å². The third kappa shape index (κ3) is 13.1. The number of carbonyl (C=O) groups is 2. The second kappa shape index (κ2) is 21.6. The maximum Gasteiger partial charge on any atom is 0.407 e. The number of aliphatic hydroxyl groups excluding tert-OH is 1. The van der Waals surface area contributed by atoms with Gasteiger partial charge in [0.25, 0.3) is 0 Å². The highest BCUT2D eigenvalue weighted by molar-refractivity contribution is 6.06. The lowest BCUT2D eigenvalue weighted by Gasteiger charge is -2.42. The van der Waals surface area contributed by atoms with Crippen molar-refractivity contribution in [1.29, 1.82) is 5.41 Å². The summed E-state index contributed by atoms with van der Waals surface area (Å²) in [7, 11) is 0.911. The van der Waals surface area contributed by atoms with Crippen LogP contribution >= 0.6 is 0 Å². The van der Waals surface area contributed by atoms with Crippen molar-refractivity contribution in [3.63, 3.8) is 0 Å². The summed E-state index contributed by atoms with van der Waals surface area (Å²) in [5, 5.41) is 27.9. The third-order valence-corrected chi connectivity index (χ3v) is 10.8. The molecule has 3 heterocycles. The molecule has 0 unspecified atom stereocenters. The average Bonchev–Trinajstić information content (AvgIpc) is 3.22. The fraction of sp³-hybridized carbons (Fsp3) is 0.442. The maximum atomic E-state index is 15.0. The number of nitrogens with one attached hydrogen (secondary N) is 5. The van der Waals surface area contributed by atoms with Crippen LogP contribution in [0.5, 0.6) is 0 Å². The minimum absolute atomic E-state index is 0.152. The van der Waals surface area contributed by atoms with Gasteiger partial charge in [-0.25, -0.2) is 18.6 Å². The van der Waals surface area contributed by atoms with E-state index in [2.05, 4.69) is 42.0 Å². The van der Waals surface area contributed by atoms with Crippen LogP contribution in [0.3, 0.4) is 0 Å². The first-order chi connectivity index (χ1) is 29.9. The van der Waals surface area contributed by atoms with E-state index in [-0.39, 0.29) is 12.0 Å². The van der Waals surface area contributed by atoms with E-state index in [1.54, 1.807) is 35.8 Å². The first kappa shape index (κ1) is 48.3. The molecule has 2 amide bonds. The zero-order valence-corrected chi connectivity index (χ0v) is 34.7. The molecule has 6 N–H and O–H groups in total. The molecule has 5 rings (SSSR count). The summed E-state index contributed by atoms with van der Waals surface area (Å²) in [6.45, 7) is 2.68. The number of carbonyl (C=O) groups excluding carboxylic acids is 2. The van der Waals surface area contributed by atoms with Crippen molar-refractivity contribution in [2.45, 2.75) is 63.8 Å². The standard InChI is InChI=1S/C43H49F7N8O5/c1-42(2,43(48,49)50)38(56-41(61)62-3)39(60)55-35(36(59)23-52-22-31-32(44)19-29(20-33(31)45)34(51)12-13-53-40(46)47)18-27-7-4-26(5-8-27)6-9-28-10-11-37(54-21-28)58-16-14-57(15-17-58)30-24-63-25-30/h4-5,7-8,10-13,19-21,30,35-36,38,40,51-53,59H,14-18,22-25H2,1-3H3,(H,55,60)(H,56,61)/b13-12-,51-34?/t35-,36-,38+/m0/s1. The molecule has 20 heteroatoms. The van der Waals surface area contributed by atoms with Gasteiger partial charge in [0.15, 0.2) is 0 Å². The molecule has 0 aliphatic carbocycles. The highest BCUT2D eigenvalue weighted by Crippen LogP contribution is 2.40. The number of ether oxygens (including phenoxy) is 2. The fourth-order valence-corrected chi connectivity index (χ4v) is 6.70. The molecule has 0 bridgehead atoms. The van der Waals surface area contributed by atoms with Crippen molar-refractivity contribution in [1.82, 2.24) is 31.2 Å². The van der Waals surface area contributed by atoms with Gasteiger partial charge in [-0.3, -0.25) is 9.69 Å². The molecule has 2 aromatic carbocycles. The van der Waals surface area contributed by atoms with Gasteiger partial charge in [-0.2, -0.15) is 22.0 Å². The lowest BCUT2D eigenvalue weighted by atomic mass is 9.82. The molecule has 2 saturated heterocycles. The van der Waals surface area contributed by atoms with E-state index < -0.39 is 84.3 Å². The summed E-state index contributed by atoms with van der Waals surface area (Å²) in [6, 6.07) is 9.04. The normalized spacial score (nSPS) is 16.4. The van der Waals surface area contributed by atoms with Gasteiger partial charge in [0.05, 0.1) is 49.6 Å². The number of rotatable bonds is 17. The smallest absolute Gasteiger partial charge is 0.407 e. The van der Waals surface area contributed by atoms with Gasteiger partial charge < -0.3 is 46.2 Å². The Morgan fingerprint density at radius 2 is 1.63 bits per heavy atom. The number of hydrogen-bond acceptors (Lipinski definition) is 11. The summed E-state index contributed by atoms with van der Waals surface area (Å²) in [5.74, 6) is 3.49. The molecule has 2 aliphatic heterocycles. The van der Waals surface area contributed by atoms with Crippen molar-refractivity contribution in [3.05, 3.63) is 106 Å². The van der Waals surface area contributed by atoms with E-state index in [0.29, 0.717) is 36.6 Å². The lowest BCUT2D eigenvalue weighted by molar-refractivity contribution is -0.220. The lowest BCUT2D eigenvalue weighted by Crippen LogP contribution is -2.62. The molecule has 3 atom stereocenters. The molecular formula is C43H49F7N8O5. The largest absolute Gasteiger partial charge is 0.453 e. The molecule has 13 nitrogen and oxygen atoms in total. The Hall–Kier alpha value is -5.75. The van der Waals surface area contributed by atoms with E-state index in [1.165, 1.54) is 0 Å². The van der Waals surface area contributed by atoms with Crippen LogP contribution in [0.25, 0.3) is 0 Å². The number of benzene rings is 2. The van der Waals surface area contributed by atoms with Crippen molar-refractivity contribution in [2.24, 2.45) is 5.41 Å². The molecule has 0 saturated carbocycles. The van der Waals surface area contributed by atoms with E-state index in [4.69, 9.17) is 10.1 Å². The van der Waals surface area contributed by atoms with Crippen LogP contribution in [0, 0.1) is 34.3 Å². The van der Waals surface area contributed by atoms with Crippen LogP contribution < -0.4 is 26.2 Å². The second-order valence-corrected chi connectivity index (χ2v) is 15.5. The summed E-state index contributed by atoms with van der Waals surface area (Å²) < 4.78 is 107. The van der Waals surface area contributed by atoms with E-state index in [1.807, 2.05) is 17.4 Å². The average molecular weight is 891 g/mol. The molecule has 340 valence electrons. The number of nitrogens with zero attached hydrogens (tertiary/aromatic N) is 3. The predicted octanol–water partition coefficient (Wildman–Crippen LogP) is 4.47. The predicted molar refractivity (Wildman–Crippen MR) is 219 cm³/mol. The maximum absolute atomic E-state index is 15.0. The Balaban J connectivity index is 1.27. The zero-order chi connectivity index (χ0) is 45.9. The number of aliphatic hydroxyl groups is 1. The van der Waals surface area contributed by atoms with Gasteiger partial charge in [-0.15, -0.1) is 0 Å². The van der Waals surface area contributed by atoms with E-state index in [0.717, 1.165) is 76.7 Å². The van der Waals surface area contributed by atoms with Crippen LogP contribution in [0.4, 0.5) is 41.3 Å². The number of hydrogen-bond donors (Lipinski definition) is 6. The molecule has 3 aromatic rings. The number of amides is 2. The van der Waals surface area contributed by atoms with Gasteiger partial charge in [0.2, 0.25) is 5.91 Å². The molecular weight excluding hydrogens is 842 g/mol. The van der Waals surface area contributed by atoms with E-state index >= 15 is 0 Å². The summed E-state index contributed by atoms with van der Waals surface area (Å²) in [4.78, 5) is 34.9. The molecule has 0 spiro atoms. The number of methoxy groups -OCH3 is 1. The zero-order valence-electron chi connectivity index (χ0n) is 34.7. The van der Waals surface area contributed by atoms with Crippen molar-refractivity contribution < 1.29 is 54.9 Å². The van der Waals surface area contributed by atoms with Crippen LogP contribution in [0.1, 0.15) is 41.7 Å². The Labute approximate surface area is 359 Å². The number of alkyl carbamates (subject to hydrolysis) is 1. The molecule has 0 radical (unpaired) electrons. The third-order valence-electron chi connectivity index (χ3n) is 10.8. The van der Waals surface area contributed by atoms with Gasteiger partial charge >= 0.3 is 18.8 Å². The SMILES string of the molecule is COC(=O)N[C@H](C(=O)N[C@@H](Cc1ccc(C#Cc2ccc(N3CCN(C4COC4)CC3)nc2)cc1)[C@@H](O)CNCc1c(F)cc(C(=N)/C=C\NC(F)F)cc1F)C(C)(C)C(F)(F)F. The van der Waals surface area contributed by atoms with Gasteiger partial charge in [-0.1, -0.05) is 24.0 Å². The number of alkyl halides is 5. The number of pyridine rings is 1. The van der Waals surface area contributed by atoms with Crippen LogP contribution in [-0.4, -0.2) is 123 Å². The van der Waals surface area contributed by atoms with Crippen molar-refractivity contribution >= 4 is 23.5 Å². The number of anilines is 1. The topological polar surface area (TPSA) is 164 Å². The first-order valence-corrected chi connectivity index (χ1v) is 19.9. The Morgan fingerprint density at radius 3 is 2.19 bits per heavy atom. The molecule has 2 fully saturated rings. The Kier molecular flexibility index (Phi) is 16.5. The van der Waals surface area contributed by atoms with Gasteiger partial charge in [0.1, 0.15) is 23.5 Å². The highest BCUT2D eigenvalue weighted by Gasteiger charge is 2.56. The Morgan fingerprint density at radius 1 is 1.00 bits per heavy atom. The van der Waals surface area contributed by atoms with Crippen LogP contribution in [0.2, 0.25) is 0 Å². The summed E-state index contributed by atoms with van der Waals surface area (Å²) >= 11 is 0. The highest BCUT2D eigenvalue weighted by atomic mass is 19.4. The fourth-order valence-electron chi connectivity index (χ4n) is 6.70. The van der Waals surface area contributed by atoms with Gasteiger partial charge in [-0.05, 0) is 68.3 Å². The van der Waals surface area contributed by atoms with Gasteiger partial charge in [0, 0.05) is 73.9 Å². The quantitative estimate of drug-likeness (QED) is 0.0494.